The first-order valence-electron chi connectivity index (χ1n) is 6.95. The van der Waals surface area contributed by atoms with Gasteiger partial charge in [-0.05, 0) is 27.7 Å². The molecule has 2 heterocycles. The fourth-order valence-electron chi connectivity index (χ4n) is 2.50. The van der Waals surface area contributed by atoms with Crippen molar-refractivity contribution >= 4 is 11.3 Å². The fourth-order valence-corrected chi connectivity index (χ4v) is 3.41. The van der Waals surface area contributed by atoms with Gasteiger partial charge in [0.1, 0.15) is 0 Å². The average molecular weight is 283 g/mol. The van der Waals surface area contributed by atoms with E-state index in [1.54, 1.807) is 11.3 Å². The molecular formula is C14H25N3OS. The van der Waals surface area contributed by atoms with E-state index in [1.807, 2.05) is 0 Å². The molecule has 0 spiro atoms. The van der Waals surface area contributed by atoms with Gasteiger partial charge in [0.25, 0.3) is 0 Å². The van der Waals surface area contributed by atoms with E-state index in [9.17, 15) is 0 Å². The molecule has 1 aromatic rings. The van der Waals surface area contributed by atoms with E-state index in [4.69, 9.17) is 4.74 Å². The lowest BCUT2D eigenvalue weighted by atomic mass is 10.0. The van der Waals surface area contributed by atoms with E-state index >= 15 is 0 Å². The number of ether oxygens (including phenoxy) is 1. The van der Waals surface area contributed by atoms with Crippen molar-refractivity contribution in [1.82, 2.24) is 15.2 Å². The average Bonchev–Trinajstić information content (AvgIpc) is 2.69. The zero-order valence-electron chi connectivity index (χ0n) is 12.5. The summed E-state index contributed by atoms with van der Waals surface area (Å²) in [6.45, 7) is 14.5. The number of hydrogen-bond acceptors (Lipinski definition) is 5. The van der Waals surface area contributed by atoms with Gasteiger partial charge in [-0.25, -0.2) is 4.98 Å². The van der Waals surface area contributed by atoms with Gasteiger partial charge in [-0.3, -0.25) is 4.90 Å². The number of hydrogen-bond donors (Lipinski definition) is 1. The number of aryl methyl sites for hydroxylation is 2. The van der Waals surface area contributed by atoms with Gasteiger partial charge >= 0.3 is 0 Å². The first-order valence-corrected chi connectivity index (χ1v) is 7.77. The molecule has 0 aliphatic carbocycles. The second-order valence-electron chi connectivity index (χ2n) is 5.76. The second kappa shape index (κ2) is 6.31. The molecule has 0 atom stereocenters. The molecule has 2 rings (SSSR count). The van der Waals surface area contributed by atoms with Crippen LogP contribution in [0.15, 0.2) is 0 Å². The first-order chi connectivity index (χ1) is 8.99. The molecule has 1 fully saturated rings. The summed E-state index contributed by atoms with van der Waals surface area (Å²) in [4.78, 5) is 8.33. The van der Waals surface area contributed by atoms with Gasteiger partial charge in [0, 0.05) is 36.6 Å². The van der Waals surface area contributed by atoms with Crippen LogP contribution in [0.1, 0.15) is 29.4 Å². The number of nitrogens with one attached hydrogen (secondary N) is 1. The maximum absolute atomic E-state index is 5.42. The van der Waals surface area contributed by atoms with Crippen LogP contribution in [-0.4, -0.2) is 48.3 Å². The highest BCUT2D eigenvalue weighted by molar-refractivity contribution is 7.11. The Morgan fingerprint density at radius 3 is 2.58 bits per heavy atom. The van der Waals surface area contributed by atoms with Gasteiger partial charge in [0.2, 0.25) is 0 Å². The van der Waals surface area contributed by atoms with E-state index in [2.05, 4.69) is 42.9 Å². The van der Waals surface area contributed by atoms with Crippen LogP contribution in [0.3, 0.4) is 0 Å². The fraction of sp³-hybridized carbons (Fsp3) is 0.786. The molecule has 108 valence electrons. The normalized spacial score (nSPS) is 17.9. The highest BCUT2D eigenvalue weighted by Crippen LogP contribution is 2.18. The van der Waals surface area contributed by atoms with Crippen LogP contribution < -0.4 is 5.32 Å². The second-order valence-corrected chi connectivity index (χ2v) is 7.04. The molecule has 1 aromatic heterocycles. The molecule has 0 unspecified atom stereocenters. The van der Waals surface area contributed by atoms with E-state index in [1.165, 1.54) is 10.6 Å². The number of thiazole rings is 1. The van der Waals surface area contributed by atoms with Crippen LogP contribution in [0.4, 0.5) is 0 Å². The molecule has 0 amide bonds. The summed E-state index contributed by atoms with van der Waals surface area (Å²) < 4.78 is 5.42. The van der Waals surface area contributed by atoms with Crippen molar-refractivity contribution in [1.29, 1.82) is 0 Å². The van der Waals surface area contributed by atoms with Crippen molar-refractivity contribution in [2.45, 2.75) is 39.8 Å². The summed E-state index contributed by atoms with van der Waals surface area (Å²) in [5, 5.41) is 4.74. The quantitative estimate of drug-likeness (QED) is 0.896. The Balaban J connectivity index is 1.82. The minimum Gasteiger partial charge on any atom is -0.379 e. The molecule has 0 aromatic carbocycles. The monoisotopic (exact) mass is 283 g/mol. The molecule has 19 heavy (non-hydrogen) atoms. The van der Waals surface area contributed by atoms with Gasteiger partial charge in [-0.15, -0.1) is 11.3 Å². The third-order valence-electron chi connectivity index (χ3n) is 3.71. The third kappa shape index (κ3) is 3.99. The first kappa shape index (κ1) is 14.9. The van der Waals surface area contributed by atoms with Crippen LogP contribution in [0.25, 0.3) is 0 Å². The Labute approximate surface area is 120 Å². The van der Waals surface area contributed by atoms with Crippen molar-refractivity contribution in [3.05, 3.63) is 15.6 Å². The molecule has 0 radical (unpaired) electrons. The van der Waals surface area contributed by atoms with E-state index < -0.39 is 0 Å². The lowest BCUT2D eigenvalue weighted by Crippen LogP contribution is -2.54. The topological polar surface area (TPSA) is 37.4 Å². The minimum absolute atomic E-state index is 0.178. The Kier molecular flexibility index (Phi) is 4.95. The number of nitrogens with zero attached hydrogens (tertiary/aromatic N) is 2. The van der Waals surface area contributed by atoms with Crippen molar-refractivity contribution < 1.29 is 4.74 Å². The van der Waals surface area contributed by atoms with Crippen molar-refractivity contribution in [3.63, 3.8) is 0 Å². The Hall–Kier alpha value is -0.490. The molecule has 0 saturated carbocycles. The molecule has 0 bridgehead atoms. The van der Waals surface area contributed by atoms with Gasteiger partial charge in [-0.2, -0.15) is 0 Å². The highest BCUT2D eigenvalue weighted by atomic mass is 32.1. The molecule has 1 saturated heterocycles. The maximum Gasteiger partial charge on any atom is 0.0900 e. The summed E-state index contributed by atoms with van der Waals surface area (Å²) in [5.74, 6) is 0. The maximum atomic E-state index is 5.42. The van der Waals surface area contributed by atoms with Gasteiger partial charge < -0.3 is 10.1 Å². The number of aromatic nitrogens is 1. The molecule has 1 aliphatic rings. The Morgan fingerprint density at radius 2 is 2.00 bits per heavy atom. The van der Waals surface area contributed by atoms with E-state index in [0.717, 1.165) is 44.4 Å². The lowest BCUT2D eigenvalue weighted by Gasteiger charge is -2.41. The number of rotatable bonds is 5. The Bertz CT molecular complexity index is 411. The smallest absolute Gasteiger partial charge is 0.0900 e. The van der Waals surface area contributed by atoms with E-state index in [-0.39, 0.29) is 5.54 Å². The molecule has 1 aliphatic heterocycles. The highest BCUT2D eigenvalue weighted by Gasteiger charge is 2.27. The van der Waals surface area contributed by atoms with Crippen LogP contribution in [0, 0.1) is 13.8 Å². The van der Waals surface area contributed by atoms with Crippen LogP contribution in [0.2, 0.25) is 0 Å². The van der Waals surface area contributed by atoms with Crippen molar-refractivity contribution in [3.8, 4) is 0 Å². The third-order valence-corrected chi connectivity index (χ3v) is 4.78. The van der Waals surface area contributed by atoms with Crippen molar-refractivity contribution in [2.24, 2.45) is 0 Å². The molecule has 4 nitrogen and oxygen atoms in total. The zero-order chi connectivity index (χ0) is 13.9. The summed E-state index contributed by atoms with van der Waals surface area (Å²) in [6, 6.07) is 0. The van der Waals surface area contributed by atoms with Crippen LogP contribution in [-0.2, 0) is 11.3 Å². The van der Waals surface area contributed by atoms with E-state index in [0.29, 0.717) is 0 Å². The number of morpholine rings is 1. The largest absolute Gasteiger partial charge is 0.379 e. The lowest BCUT2D eigenvalue weighted by molar-refractivity contribution is -0.00965. The predicted octanol–water partition coefficient (Wildman–Crippen LogP) is 1.96. The zero-order valence-corrected chi connectivity index (χ0v) is 13.3. The summed E-state index contributed by atoms with van der Waals surface area (Å²) in [7, 11) is 0. The minimum atomic E-state index is 0.178. The summed E-state index contributed by atoms with van der Waals surface area (Å²) in [5.41, 5.74) is 1.34. The standard InChI is InChI=1S/C14H25N3OS/c1-11-13(19-12(2)16-11)9-15-10-14(3,4)17-5-7-18-8-6-17/h15H,5-10H2,1-4H3. The Morgan fingerprint density at radius 1 is 1.32 bits per heavy atom. The SMILES string of the molecule is Cc1nc(C)c(CNCC(C)(C)N2CCOCC2)s1. The van der Waals surface area contributed by atoms with Crippen LogP contribution >= 0.6 is 11.3 Å². The van der Waals surface area contributed by atoms with Crippen molar-refractivity contribution in [2.75, 3.05) is 32.8 Å². The van der Waals surface area contributed by atoms with Gasteiger partial charge in [-0.1, -0.05) is 0 Å². The molecule has 5 heteroatoms. The summed E-state index contributed by atoms with van der Waals surface area (Å²) in [6.07, 6.45) is 0. The molecular weight excluding hydrogens is 258 g/mol. The van der Waals surface area contributed by atoms with Crippen LogP contribution in [0.5, 0.6) is 0 Å². The van der Waals surface area contributed by atoms with Gasteiger partial charge in [0.15, 0.2) is 0 Å². The predicted molar refractivity (Wildman–Crippen MR) is 79.8 cm³/mol. The molecule has 1 N–H and O–H groups in total. The summed E-state index contributed by atoms with van der Waals surface area (Å²) >= 11 is 1.79. The van der Waals surface area contributed by atoms with Gasteiger partial charge in [0.05, 0.1) is 23.9 Å².